The van der Waals surface area contributed by atoms with Crippen LogP contribution < -0.4 is 5.32 Å². The van der Waals surface area contributed by atoms with Crippen LogP contribution in [0.3, 0.4) is 0 Å². The lowest BCUT2D eigenvalue weighted by Crippen LogP contribution is -2.39. The number of amides is 2. The van der Waals surface area contributed by atoms with Gasteiger partial charge in [0.1, 0.15) is 0 Å². The highest BCUT2D eigenvalue weighted by molar-refractivity contribution is 5.89. The third-order valence-electron chi connectivity index (χ3n) is 4.35. The number of benzene rings is 1. The van der Waals surface area contributed by atoms with E-state index in [1.54, 1.807) is 4.90 Å². The molecule has 2 N–H and O–H groups in total. The van der Waals surface area contributed by atoms with Gasteiger partial charge in [-0.05, 0) is 25.8 Å². The Labute approximate surface area is 141 Å². The summed E-state index contributed by atoms with van der Waals surface area (Å²) in [5.74, 6) is -2.29. The van der Waals surface area contributed by atoms with Crippen molar-refractivity contribution in [2.75, 3.05) is 13.1 Å². The van der Waals surface area contributed by atoms with Crippen molar-refractivity contribution < 1.29 is 19.5 Å². The van der Waals surface area contributed by atoms with Gasteiger partial charge >= 0.3 is 5.97 Å². The third kappa shape index (κ3) is 4.57. The first-order valence-electron chi connectivity index (χ1n) is 8.22. The Hall–Kier alpha value is -2.37. The Kier molecular flexibility index (Phi) is 5.95. The van der Waals surface area contributed by atoms with Gasteiger partial charge in [-0.2, -0.15) is 0 Å². The molecule has 130 valence electrons. The van der Waals surface area contributed by atoms with Crippen LogP contribution in [0.5, 0.6) is 0 Å². The minimum Gasteiger partial charge on any atom is -0.481 e. The topological polar surface area (TPSA) is 86.7 Å². The Morgan fingerprint density at radius 3 is 2.50 bits per heavy atom. The average molecular weight is 332 g/mol. The monoisotopic (exact) mass is 332 g/mol. The van der Waals surface area contributed by atoms with E-state index in [9.17, 15) is 19.5 Å². The predicted molar refractivity (Wildman–Crippen MR) is 89.2 cm³/mol. The maximum absolute atomic E-state index is 12.3. The second-order valence-corrected chi connectivity index (χ2v) is 6.51. The highest BCUT2D eigenvalue weighted by Crippen LogP contribution is 2.20. The first kappa shape index (κ1) is 18.0. The minimum absolute atomic E-state index is 0.0239. The van der Waals surface area contributed by atoms with Gasteiger partial charge < -0.3 is 15.3 Å². The molecule has 6 heteroatoms. The number of nitrogens with one attached hydrogen (secondary N) is 1. The summed E-state index contributed by atoms with van der Waals surface area (Å²) < 4.78 is 0. The van der Waals surface area contributed by atoms with Gasteiger partial charge in [0.15, 0.2) is 0 Å². The zero-order valence-electron chi connectivity index (χ0n) is 14.1. The number of carbonyl (C=O) groups is 3. The van der Waals surface area contributed by atoms with Crippen LogP contribution in [-0.2, 0) is 20.8 Å². The molecule has 1 aliphatic heterocycles. The molecule has 1 heterocycles. The van der Waals surface area contributed by atoms with Crippen molar-refractivity contribution in [2.24, 2.45) is 11.8 Å². The van der Waals surface area contributed by atoms with Gasteiger partial charge in [0.2, 0.25) is 11.8 Å². The summed E-state index contributed by atoms with van der Waals surface area (Å²) in [4.78, 5) is 37.2. The summed E-state index contributed by atoms with van der Waals surface area (Å²) in [5.41, 5.74) is 0.918. The Morgan fingerprint density at radius 1 is 1.29 bits per heavy atom. The first-order valence-corrected chi connectivity index (χ1v) is 8.22. The Bertz CT molecular complexity index is 600. The molecule has 1 fully saturated rings. The molecule has 1 aliphatic rings. The number of hydrogen-bond donors (Lipinski definition) is 2. The van der Waals surface area contributed by atoms with E-state index in [1.807, 2.05) is 44.2 Å². The van der Waals surface area contributed by atoms with Crippen LogP contribution in [0.2, 0.25) is 0 Å². The van der Waals surface area contributed by atoms with E-state index < -0.39 is 17.8 Å². The van der Waals surface area contributed by atoms with E-state index in [0.29, 0.717) is 13.0 Å². The molecule has 24 heavy (non-hydrogen) atoms. The van der Waals surface area contributed by atoms with Crippen LogP contribution in [0, 0.1) is 11.8 Å². The molecule has 0 aliphatic carbocycles. The van der Waals surface area contributed by atoms with E-state index >= 15 is 0 Å². The zero-order valence-corrected chi connectivity index (χ0v) is 14.1. The van der Waals surface area contributed by atoms with E-state index in [0.717, 1.165) is 5.56 Å². The molecule has 1 aromatic rings. The van der Waals surface area contributed by atoms with Gasteiger partial charge in [0, 0.05) is 25.6 Å². The molecule has 2 atom stereocenters. The molecule has 0 unspecified atom stereocenters. The van der Waals surface area contributed by atoms with Crippen LogP contribution in [-0.4, -0.2) is 46.9 Å². The molecular weight excluding hydrogens is 308 g/mol. The molecule has 0 radical (unpaired) electrons. The number of hydrogen-bond acceptors (Lipinski definition) is 3. The van der Waals surface area contributed by atoms with Crippen molar-refractivity contribution in [1.29, 1.82) is 0 Å². The van der Waals surface area contributed by atoms with Crippen molar-refractivity contribution in [1.82, 2.24) is 10.2 Å². The number of aliphatic carboxylic acids is 1. The molecular formula is C18H24N2O4. The van der Waals surface area contributed by atoms with Gasteiger partial charge in [0.25, 0.3) is 0 Å². The third-order valence-corrected chi connectivity index (χ3v) is 4.35. The van der Waals surface area contributed by atoms with Crippen LogP contribution in [0.15, 0.2) is 30.3 Å². The summed E-state index contributed by atoms with van der Waals surface area (Å²) in [7, 11) is 0. The lowest BCUT2D eigenvalue weighted by Gasteiger charge is -2.21. The zero-order chi connectivity index (χ0) is 17.7. The smallest absolute Gasteiger partial charge is 0.308 e. The minimum atomic E-state index is -0.939. The highest BCUT2D eigenvalue weighted by atomic mass is 16.4. The number of rotatable bonds is 7. The predicted octanol–water partition coefficient (Wildman–Crippen LogP) is 1.30. The number of nitrogens with zero attached hydrogens (tertiary/aromatic N) is 1. The molecule has 2 rings (SSSR count). The van der Waals surface area contributed by atoms with Crippen molar-refractivity contribution in [3.05, 3.63) is 35.9 Å². The molecule has 6 nitrogen and oxygen atoms in total. The second-order valence-electron chi connectivity index (χ2n) is 6.51. The number of carboxylic acids is 1. The largest absolute Gasteiger partial charge is 0.481 e. The van der Waals surface area contributed by atoms with Crippen molar-refractivity contribution in [3.63, 3.8) is 0 Å². The normalized spacial score (nSPS) is 18.7. The Morgan fingerprint density at radius 2 is 1.96 bits per heavy atom. The molecule has 0 saturated carbocycles. The van der Waals surface area contributed by atoms with Gasteiger partial charge in [-0.3, -0.25) is 14.4 Å². The van der Waals surface area contributed by atoms with E-state index in [4.69, 9.17) is 0 Å². The van der Waals surface area contributed by atoms with Gasteiger partial charge in [0.05, 0.1) is 11.8 Å². The lowest BCUT2D eigenvalue weighted by atomic mass is 9.99. The molecule has 1 aromatic carbocycles. The number of likely N-dealkylation sites (tertiary alicyclic amines) is 1. The van der Waals surface area contributed by atoms with Gasteiger partial charge in [-0.1, -0.05) is 30.3 Å². The molecule has 0 bridgehead atoms. The maximum atomic E-state index is 12.3. The maximum Gasteiger partial charge on any atom is 0.308 e. The SMILES string of the molecule is CC(C)N1C[C@H](C(=O)NC[C@H](Cc2ccccc2)C(=O)O)CC1=O. The first-order chi connectivity index (χ1) is 11.4. The fourth-order valence-electron chi connectivity index (χ4n) is 2.92. The molecule has 1 saturated heterocycles. The highest BCUT2D eigenvalue weighted by Gasteiger charge is 2.35. The van der Waals surface area contributed by atoms with E-state index in [2.05, 4.69) is 5.32 Å². The summed E-state index contributed by atoms with van der Waals surface area (Å²) in [5, 5.41) is 12.1. The fourth-order valence-corrected chi connectivity index (χ4v) is 2.92. The van der Waals surface area contributed by atoms with Gasteiger partial charge in [-0.25, -0.2) is 0 Å². The number of carbonyl (C=O) groups excluding carboxylic acids is 2. The fraction of sp³-hybridized carbons (Fsp3) is 0.500. The number of carboxylic acid groups (broad SMARTS) is 1. The quantitative estimate of drug-likeness (QED) is 0.788. The van der Waals surface area contributed by atoms with Crippen molar-refractivity contribution >= 4 is 17.8 Å². The summed E-state index contributed by atoms with van der Waals surface area (Å²) in [6.07, 6.45) is 0.554. The van der Waals surface area contributed by atoms with Crippen LogP contribution >= 0.6 is 0 Å². The molecule has 0 spiro atoms. The standard InChI is InChI=1S/C18H24N2O4/c1-12(2)20-11-15(9-16(20)21)17(22)19-10-14(18(23)24)8-13-6-4-3-5-7-13/h3-7,12,14-15H,8-11H2,1-2H3,(H,19,22)(H,23,24)/t14-,15+/m0/s1. The summed E-state index contributed by atoms with van der Waals surface area (Å²) in [6.45, 7) is 4.30. The van der Waals surface area contributed by atoms with E-state index in [-0.39, 0.29) is 30.8 Å². The summed E-state index contributed by atoms with van der Waals surface area (Å²) >= 11 is 0. The van der Waals surface area contributed by atoms with Crippen molar-refractivity contribution in [3.8, 4) is 0 Å². The van der Waals surface area contributed by atoms with Gasteiger partial charge in [-0.15, -0.1) is 0 Å². The molecule has 0 aromatic heterocycles. The summed E-state index contributed by atoms with van der Waals surface area (Å²) in [6, 6.07) is 9.40. The Balaban J connectivity index is 1.89. The van der Waals surface area contributed by atoms with Crippen LogP contribution in [0.1, 0.15) is 25.8 Å². The molecule has 2 amide bonds. The van der Waals surface area contributed by atoms with Crippen LogP contribution in [0.25, 0.3) is 0 Å². The lowest BCUT2D eigenvalue weighted by molar-refractivity contribution is -0.141. The second kappa shape index (κ2) is 7.95. The average Bonchev–Trinajstić information content (AvgIpc) is 2.94. The van der Waals surface area contributed by atoms with E-state index in [1.165, 1.54) is 0 Å². The van der Waals surface area contributed by atoms with Crippen molar-refractivity contribution in [2.45, 2.75) is 32.7 Å². The van der Waals surface area contributed by atoms with Crippen LogP contribution in [0.4, 0.5) is 0 Å².